The van der Waals surface area contributed by atoms with E-state index >= 15 is 0 Å². The number of hydrogen-bond donors (Lipinski definition) is 2. The van der Waals surface area contributed by atoms with E-state index in [0.717, 1.165) is 25.7 Å². The Morgan fingerprint density at radius 2 is 2.06 bits per heavy atom. The van der Waals surface area contributed by atoms with Gasteiger partial charge in [-0.2, -0.15) is 0 Å². The van der Waals surface area contributed by atoms with Gasteiger partial charge in [-0.25, -0.2) is 0 Å². The second-order valence-corrected chi connectivity index (χ2v) is 4.64. The smallest absolute Gasteiger partial charge is 0.220 e. The number of nitrogens with two attached hydrogens (primary N) is 1. The maximum absolute atomic E-state index is 11.7. The van der Waals surface area contributed by atoms with Gasteiger partial charge in [0.05, 0.1) is 0 Å². The van der Waals surface area contributed by atoms with Crippen molar-refractivity contribution in [2.24, 2.45) is 5.73 Å². The van der Waals surface area contributed by atoms with Crippen molar-refractivity contribution in [1.29, 1.82) is 0 Å². The number of rotatable bonds is 8. The predicted molar refractivity (Wildman–Crippen MR) is 75.3 cm³/mol. The van der Waals surface area contributed by atoms with Crippen molar-refractivity contribution in [3.05, 3.63) is 35.9 Å². The molecule has 3 heteroatoms. The quantitative estimate of drug-likeness (QED) is 0.741. The predicted octanol–water partition coefficient (Wildman–Crippen LogP) is 2.25. The molecular formula is C15H24N2O. The van der Waals surface area contributed by atoms with Crippen LogP contribution >= 0.6 is 0 Å². The molecule has 0 aliphatic rings. The lowest BCUT2D eigenvalue weighted by atomic mass is 10.0. The highest BCUT2D eigenvalue weighted by atomic mass is 16.1. The van der Waals surface area contributed by atoms with Gasteiger partial charge in [0.1, 0.15) is 0 Å². The molecule has 0 spiro atoms. The van der Waals surface area contributed by atoms with Gasteiger partial charge in [-0.05, 0) is 31.4 Å². The maximum atomic E-state index is 11.7. The summed E-state index contributed by atoms with van der Waals surface area (Å²) in [6.07, 6.45) is 4.29. The molecule has 3 nitrogen and oxygen atoms in total. The normalized spacial score (nSPS) is 12.1. The molecule has 3 N–H and O–H groups in total. The Kier molecular flexibility index (Phi) is 7.11. The van der Waals surface area contributed by atoms with E-state index in [4.69, 9.17) is 5.73 Å². The highest BCUT2D eigenvalue weighted by molar-refractivity contribution is 5.76. The van der Waals surface area contributed by atoms with Gasteiger partial charge in [-0.15, -0.1) is 0 Å². The lowest BCUT2D eigenvalue weighted by Crippen LogP contribution is -2.36. The Hall–Kier alpha value is -1.35. The summed E-state index contributed by atoms with van der Waals surface area (Å²) in [5.41, 5.74) is 6.68. The summed E-state index contributed by atoms with van der Waals surface area (Å²) in [6.45, 7) is 2.72. The monoisotopic (exact) mass is 248 g/mol. The first-order valence-electron chi connectivity index (χ1n) is 6.79. The Labute approximate surface area is 110 Å². The summed E-state index contributed by atoms with van der Waals surface area (Å²) in [6, 6.07) is 10.5. The molecule has 100 valence electrons. The van der Waals surface area contributed by atoms with Crippen LogP contribution in [0.4, 0.5) is 0 Å². The van der Waals surface area contributed by atoms with Crippen LogP contribution < -0.4 is 11.1 Å². The van der Waals surface area contributed by atoms with Gasteiger partial charge in [0.2, 0.25) is 5.91 Å². The fourth-order valence-electron chi connectivity index (χ4n) is 2.03. The van der Waals surface area contributed by atoms with Crippen LogP contribution in [-0.2, 0) is 11.2 Å². The zero-order valence-electron chi connectivity index (χ0n) is 11.2. The molecule has 0 aliphatic heterocycles. The standard InChI is InChI=1S/C15H24N2O/c1-2-7-14(17-15(18)10-6-11-16)12-13-8-4-3-5-9-13/h3-5,8-9,14H,2,6-7,10-12,16H2,1H3,(H,17,18). The molecule has 1 amide bonds. The van der Waals surface area contributed by atoms with E-state index in [2.05, 4.69) is 24.4 Å². The Morgan fingerprint density at radius 3 is 2.67 bits per heavy atom. The third-order valence-corrected chi connectivity index (χ3v) is 2.94. The SMILES string of the molecule is CCCC(Cc1ccccc1)NC(=O)CCCN. The van der Waals surface area contributed by atoms with Crippen LogP contribution in [0.2, 0.25) is 0 Å². The molecule has 1 aromatic carbocycles. The molecule has 0 aliphatic carbocycles. The zero-order valence-corrected chi connectivity index (χ0v) is 11.2. The summed E-state index contributed by atoms with van der Waals surface area (Å²) in [4.78, 5) is 11.7. The maximum Gasteiger partial charge on any atom is 0.220 e. The van der Waals surface area contributed by atoms with Crippen molar-refractivity contribution >= 4 is 5.91 Å². The number of nitrogens with one attached hydrogen (secondary N) is 1. The molecule has 1 atom stereocenters. The first kappa shape index (κ1) is 14.7. The number of carbonyl (C=O) groups is 1. The van der Waals surface area contributed by atoms with Crippen molar-refractivity contribution < 1.29 is 4.79 Å². The molecule has 0 saturated heterocycles. The molecule has 0 radical (unpaired) electrons. The van der Waals surface area contributed by atoms with Gasteiger partial charge in [0.15, 0.2) is 0 Å². The van der Waals surface area contributed by atoms with E-state index in [9.17, 15) is 4.79 Å². The van der Waals surface area contributed by atoms with E-state index in [1.807, 2.05) is 18.2 Å². The highest BCUT2D eigenvalue weighted by Gasteiger charge is 2.11. The third kappa shape index (κ3) is 5.82. The van der Waals surface area contributed by atoms with Crippen LogP contribution in [0.1, 0.15) is 38.2 Å². The average Bonchev–Trinajstić information content (AvgIpc) is 2.38. The summed E-state index contributed by atoms with van der Waals surface area (Å²) in [7, 11) is 0. The summed E-state index contributed by atoms with van der Waals surface area (Å²) in [5, 5.41) is 3.11. The summed E-state index contributed by atoms with van der Waals surface area (Å²) in [5.74, 6) is 0.120. The van der Waals surface area contributed by atoms with Gasteiger partial charge >= 0.3 is 0 Å². The lowest BCUT2D eigenvalue weighted by Gasteiger charge is -2.18. The van der Waals surface area contributed by atoms with E-state index < -0.39 is 0 Å². The highest BCUT2D eigenvalue weighted by Crippen LogP contribution is 2.08. The zero-order chi connectivity index (χ0) is 13.2. The molecule has 0 heterocycles. The molecule has 0 bridgehead atoms. The number of amides is 1. The molecule has 0 fully saturated rings. The van der Waals surface area contributed by atoms with Crippen molar-refractivity contribution in [2.75, 3.05) is 6.54 Å². The van der Waals surface area contributed by atoms with Crippen molar-refractivity contribution in [1.82, 2.24) is 5.32 Å². The molecule has 0 saturated carbocycles. The van der Waals surface area contributed by atoms with Crippen molar-refractivity contribution in [3.8, 4) is 0 Å². The molecule has 1 unspecified atom stereocenters. The fraction of sp³-hybridized carbons (Fsp3) is 0.533. The van der Waals surface area contributed by atoms with Gasteiger partial charge in [-0.3, -0.25) is 4.79 Å². The van der Waals surface area contributed by atoms with Crippen LogP contribution in [0.25, 0.3) is 0 Å². The van der Waals surface area contributed by atoms with E-state index in [-0.39, 0.29) is 11.9 Å². The van der Waals surface area contributed by atoms with Crippen molar-refractivity contribution in [3.63, 3.8) is 0 Å². The second-order valence-electron chi connectivity index (χ2n) is 4.64. The lowest BCUT2D eigenvalue weighted by molar-refractivity contribution is -0.121. The second kappa shape index (κ2) is 8.70. The van der Waals surface area contributed by atoms with Crippen LogP contribution in [-0.4, -0.2) is 18.5 Å². The molecular weight excluding hydrogens is 224 g/mol. The average molecular weight is 248 g/mol. The molecule has 18 heavy (non-hydrogen) atoms. The first-order chi connectivity index (χ1) is 8.76. The number of hydrogen-bond acceptors (Lipinski definition) is 2. The number of benzene rings is 1. The molecule has 1 aromatic rings. The first-order valence-corrected chi connectivity index (χ1v) is 6.79. The molecule has 0 aromatic heterocycles. The van der Waals surface area contributed by atoms with Crippen LogP contribution in [0.3, 0.4) is 0 Å². The van der Waals surface area contributed by atoms with Gasteiger partial charge in [-0.1, -0.05) is 43.7 Å². The van der Waals surface area contributed by atoms with Crippen molar-refractivity contribution in [2.45, 2.75) is 45.1 Å². The minimum Gasteiger partial charge on any atom is -0.353 e. The van der Waals surface area contributed by atoms with E-state index in [0.29, 0.717) is 13.0 Å². The largest absolute Gasteiger partial charge is 0.353 e. The molecule has 1 rings (SSSR count). The van der Waals surface area contributed by atoms with Gasteiger partial charge in [0, 0.05) is 12.5 Å². The van der Waals surface area contributed by atoms with E-state index in [1.165, 1.54) is 5.56 Å². The van der Waals surface area contributed by atoms with Gasteiger partial charge < -0.3 is 11.1 Å². The summed E-state index contributed by atoms with van der Waals surface area (Å²) < 4.78 is 0. The minimum atomic E-state index is 0.120. The van der Waals surface area contributed by atoms with E-state index in [1.54, 1.807) is 0 Å². The summed E-state index contributed by atoms with van der Waals surface area (Å²) >= 11 is 0. The van der Waals surface area contributed by atoms with Crippen LogP contribution in [0.5, 0.6) is 0 Å². The Bertz CT molecular complexity index is 338. The minimum absolute atomic E-state index is 0.120. The van der Waals surface area contributed by atoms with Gasteiger partial charge in [0.25, 0.3) is 0 Å². The van der Waals surface area contributed by atoms with Crippen LogP contribution in [0.15, 0.2) is 30.3 Å². The number of carbonyl (C=O) groups excluding carboxylic acids is 1. The third-order valence-electron chi connectivity index (χ3n) is 2.94. The Morgan fingerprint density at radius 1 is 1.33 bits per heavy atom. The Balaban J connectivity index is 2.46. The van der Waals surface area contributed by atoms with Crippen LogP contribution in [0, 0.1) is 0 Å². The fourth-order valence-corrected chi connectivity index (χ4v) is 2.03. The topological polar surface area (TPSA) is 55.1 Å².